The van der Waals surface area contributed by atoms with Gasteiger partial charge in [0, 0.05) is 32.3 Å². The van der Waals surface area contributed by atoms with E-state index in [1.807, 2.05) is 0 Å². The van der Waals surface area contributed by atoms with Gasteiger partial charge in [-0.15, -0.1) is 0 Å². The van der Waals surface area contributed by atoms with Crippen molar-refractivity contribution >= 4 is 0 Å². The maximum absolute atomic E-state index is 5.66. The Morgan fingerprint density at radius 2 is 1.95 bits per heavy atom. The van der Waals surface area contributed by atoms with Crippen molar-refractivity contribution in [3.8, 4) is 0 Å². The summed E-state index contributed by atoms with van der Waals surface area (Å²) in [6, 6.07) is 0.907. The maximum Gasteiger partial charge on any atom is 0.0472 e. The van der Waals surface area contributed by atoms with Gasteiger partial charge in [0.15, 0.2) is 0 Å². The smallest absolute Gasteiger partial charge is 0.0472 e. The van der Waals surface area contributed by atoms with Crippen molar-refractivity contribution in [2.45, 2.75) is 64.3 Å². The van der Waals surface area contributed by atoms with Crippen LogP contribution in [0.25, 0.3) is 0 Å². The Bertz CT molecular complexity index is 314. The molecule has 0 aromatic rings. The van der Waals surface area contributed by atoms with Crippen LogP contribution in [0.15, 0.2) is 0 Å². The fourth-order valence-corrected chi connectivity index (χ4v) is 4.86. The summed E-state index contributed by atoms with van der Waals surface area (Å²) in [7, 11) is 0. The van der Waals surface area contributed by atoms with Crippen LogP contribution in [-0.2, 0) is 4.74 Å². The summed E-state index contributed by atoms with van der Waals surface area (Å²) in [4.78, 5) is 2.86. The van der Waals surface area contributed by atoms with Crippen molar-refractivity contribution in [2.24, 2.45) is 11.3 Å². The molecule has 0 aromatic carbocycles. The molecule has 1 N–H and O–H groups in total. The molecule has 3 aliphatic rings. The lowest BCUT2D eigenvalue weighted by Crippen LogP contribution is -2.49. The molecule has 2 heterocycles. The first-order valence-electron chi connectivity index (χ1n) is 9.35. The van der Waals surface area contributed by atoms with Crippen LogP contribution in [0.1, 0.15) is 58.3 Å². The molecule has 3 fully saturated rings. The third-order valence-corrected chi connectivity index (χ3v) is 6.14. The number of hydrogen-bond donors (Lipinski definition) is 1. The van der Waals surface area contributed by atoms with Gasteiger partial charge >= 0.3 is 0 Å². The van der Waals surface area contributed by atoms with Crippen LogP contribution < -0.4 is 5.32 Å². The summed E-state index contributed by atoms with van der Waals surface area (Å²) in [6.07, 6.45) is 11.1. The van der Waals surface area contributed by atoms with Gasteiger partial charge in [0.2, 0.25) is 0 Å². The summed E-state index contributed by atoms with van der Waals surface area (Å²) < 4.78 is 5.66. The van der Waals surface area contributed by atoms with E-state index in [1.165, 1.54) is 71.0 Å². The summed E-state index contributed by atoms with van der Waals surface area (Å²) in [5, 5.41) is 3.71. The molecule has 3 nitrogen and oxygen atoms in total. The molecular formula is C18H34N2O. The zero-order valence-corrected chi connectivity index (χ0v) is 13.9. The largest absolute Gasteiger partial charge is 0.381 e. The van der Waals surface area contributed by atoms with Gasteiger partial charge in [0.25, 0.3) is 0 Å². The van der Waals surface area contributed by atoms with Gasteiger partial charge in [-0.3, -0.25) is 4.90 Å². The number of nitrogens with one attached hydrogen (secondary N) is 1. The second-order valence-electron chi connectivity index (χ2n) is 7.66. The highest BCUT2D eigenvalue weighted by Crippen LogP contribution is 2.40. The third-order valence-electron chi connectivity index (χ3n) is 6.14. The fourth-order valence-electron chi connectivity index (χ4n) is 4.86. The maximum atomic E-state index is 5.66. The summed E-state index contributed by atoms with van der Waals surface area (Å²) in [5.41, 5.74) is 0.472. The summed E-state index contributed by atoms with van der Waals surface area (Å²) >= 11 is 0. The van der Waals surface area contributed by atoms with Gasteiger partial charge in [-0.1, -0.05) is 19.8 Å². The second kappa shape index (κ2) is 7.43. The van der Waals surface area contributed by atoms with Gasteiger partial charge in [0.05, 0.1) is 0 Å². The lowest BCUT2D eigenvalue weighted by molar-refractivity contribution is -0.00976. The molecule has 122 valence electrons. The normalized spacial score (nSPS) is 33.0. The van der Waals surface area contributed by atoms with E-state index < -0.39 is 0 Å². The number of hydrogen-bond acceptors (Lipinski definition) is 3. The van der Waals surface area contributed by atoms with Crippen LogP contribution in [0.2, 0.25) is 0 Å². The molecule has 0 spiro atoms. The summed E-state index contributed by atoms with van der Waals surface area (Å²) in [5.74, 6) is 1.01. The van der Waals surface area contributed by atoms with Crippen molar-refractivity contribution in [3.05, 3.63) is 0 Å². The van der Waals surface area contributed by atoms with Crippen LogP contribution in [0.3, 0.4) is 0 Å². The second-order valence-corrected chi connectivity index (χ2v) is 7.66. The van der Waals surface area contributed by atoms with Gasteiger partial charge in [-0.25, -0.2) is 0 Å². The molecule has 3 heteroatoms. The van der Waals surface area contributed by atoms with Gasteiger partial charge in [0.1, 0.15) is 0 Å². The molecule has 2 unspecified atom stereocenters. The Balaban J connectivity index is 1.60. The Morgan fingerprint density at radius 1 is 1.14 bits per heavy atom. The third kappa shape index (κ3) is 3.80. The first-order chi connectivity index (χ1) is 10.3. The van der Waals surface area contributed by atoms with Crippen LogP contribution in [-0.4, -0.2) is 50.3 Å². The zero-order valence-electron chi connectivity index (χ0n) is 13.9. The van der Waals surface area contributed by atoms with E-state index in [9.17, 15) is 0 Å². The Kier molecular flexibility index (Phi) is 5.58. The molecule has 0 radical (unpaired) electrons. The Labute approximate surface area is 130 Å². The van der Waals surface area contributed by atoms with Crippen molar-refractivity contribution < 1.29 is 4.74 Å². The minimum Gasteiger partial charge on any atom is -0.381 e. The van der Waals surface area contributed by atoms with Crippen molar-refractivity contribution in [1.82, 2.24) is 10.2 Å². The highest BCUT2D eigenvalue weighted by atomic mass is 16.5. The van der Waals surface area contributed by atoms with E-state index >= 15 is 0 Å². The molecule has 1 aliphatic carbocycles. The van der Waals surface area contributed by atoms with E-state index in [1.54, 1.807) is 0 Å². The molecule has 2 aliphatic heterocycles. The lowest BCUT2D eigenvalue weighted by Gasteiger charge is -2.43. The monoisotopic (exact) mass is 294 g/mol. The van der Waals surface area contributed by atoms with Crippen LogP contribution in [0, 0.1) is 11.3 Å². The van der Waals surface area contributed by atoms with Crippen LogP contribution in [0.4, 0.5) is 0 Å². The van der Waals surface area contributed by atoms with Gasteiger partial charge in [-0.05, 0) is 62.9 Å². The molecule has 0 bridgehead atoms. The SMILES string of the molecule is CCCNCC1(CN2CCC3CCCCC32)CCOCC1. The topological polar surface area (TPSA) is 24.5 Å². The molecule has 0 amide bonds. The number of fused-ring (bicyclic) bond motifs is 1. The zero-order chi connectivity index (χ0) is 14.5. The van der Waals surface area contributed by atoms with Crippen LogP contribution >= 0.6 is 0 Å². The van der Waals surface area contributed by atoms with Crippen molar-refractivity contribution in [3.63, 3.8) is 0 Å². The first kappa shape index (κ1) is 15.8. The predicted molar refractivity (Wildman–Crippen MR) is 87.6 cm³/mol. The quantitative estimate of drug-likeness (QED) is 0.762. The molecule has 2 atom stereocenters. The van der Waals surface area contributed by atoms with E-state index in [0.717, 1.165) is 31.7 Å². The van der Waals surface area contributed by atoms with Crippen LogP contribution in [0.5, 0.6) is 0 Å². The van der Waals surface area contributed by atoms with E-state index in [2.05, 4.69) is 17.1 Å². The first-order valence-corrected chi connectivity index (χ1v) is 9.35. The number of ether oxygens (including phenoxy) is 1. The molecular weight excluding hydrogens is 260 g/mol. The Morgan fingerprint density at radius 3 is 2.76 bits per heavy atom. The minimum absolute atomic E-state index is 0.472. The predicted octanol–water partition coefficient (Wildman–Crippen LogP) is 3.05. The Hall–Kier alpha value is -0.120. The average molecular weight is 294 g/mol. The number of nitrogens with zero attached hydrogens (tertiary/aromatic N) is 1. The molecule has 0 aromatic heterocycles. The van der Waals surface area contributed by atoms with E-state index in [0.29, 0.717) is 5.41 Å². The fraction of sp³-hybridized carbons (Fsp3) is 1.00. The highest BCUT2D eigenvalue weighted by molar-refractivity contribution is 4.95. The van der Waals surface area contributed by atoms with E-state index in [-0.39, 0.29) is 0 Å². The van der Waals surface area contributed by atoms with Gasteiger partial charge < -0.3 is 10.1 Å². The van der Waals surface area contributed by atoms with E-state index in [4.69, 9.17) is 4.74 Å². The molecule has 3 rings (SSSR count). The standard InChI is InChI=1S/C18H34N2O/c1-2-10-19-14-18(8-12-21-13-9-18)15-20-11-7-16-5-3-4-6-17(16)20/h16-17,19H,2-15H2,1H3. The molecule has 21 heavy (non-hydrogen) atoms. The highest BCUT2D eigenvalue weighted by Gasteiger charge is 2.41. The lowest BCUT2D eigenvalue weighted by atomic mass is 9.78. The molecule has 2 saturated heterocycles. The summed E-state index contributed by atoms with van der Waals surface area (Å²) in [6.45, 7) is 9.22. The average Bonchev–Trinajstić information content (AvgIpc) is 2.92. The van der Waals surface area contributed by atoms with Crippen molar-refractivity contribution in [2.75, 3.05) is 39.4 Å². The minimum atomic E-state index is 0.472. The number of likely N-dealkylation sites (tertiary alicyclic amines) is 1. The van der Waals surface area contributed by atoms with Gasteiger partial charge in [-0.2, -0.15) is 0 Å². The number of rotatable bonds is 6. The molecule has 1 saturated carbocycles. The van der Waals surface area contributed by atoms with Crippen molar-refractivity contribution in [1.29, 1.82) is 0 Å².